The van der Waals surface area contributed by atoms with Crippen LogP contribution in [0.2, 0.25) is 0 Å². The van der Waals surface area contributed by atoms with Gasteiger partial charge in [-0.2, -0.15) is 4.31 Å². The summed E-state index contributed by atoms with van der Waals surface area (Å²) < 4.78 is 32.3. The molecule has 8 nitrogen and oxygen atoms in total. The number of rotatable bonds is 5. The second-order valence-corrected chi connectivity index (χ2v) is 7.74. The Kier molecular flexibility index (Phi) is 5.10. The van der Waals surface area contributed by atoms with Crippen LogP contribution < -0.4 is 15.4 Å². The van der Waals surface area contributed by atoms with Crippen molar-refractivity contribution in [2.45, 2.75) is 4.90 Å². The smallest absolute Gasteiger partial charge is 0.252 e. The number of sulfonamides is 1. The summed E-state index contributed by atoms with van der Waals surface area (Å²) in [4.78, 5) is 17.9. The van der Waals surface area contributed by atoms with E-state index in [2.05, 4.69) is 4.98 Å². The van der Waals surface area contributed by atoms with Crippen molar-refractivity contribution in [1.82, 2.24) is 9.29 Å². The van der Waals surface area contributed by atoms with Crippen molar-refractivity contribution < 1.29 is 17.9 Å². The summed E-state index contributed by atoms with van der Waals surface area (Å²) in [5, 5.41) is 0. The fourth-order valence-electron chi connectivity index (χ4n) is 2.89. The summed E-state index contributed by atoms with van der Waals surface area (Å²) in [6.07, 6.45) is 1.71. The molecule has 0 spiro atoms. The number of ether oxygens (including phenoxy) is 1. The van der Waals surface area contributed by atoms with E-state index in [1.165, 1.54) is 29.6 Å². The number of anilines is 1. The number of amides is 1. The van der Waals surface area contributed by atoms with Gasteiger partial charge in [-0.15, -0.1) is 0 Å². The summed E-state index contributed by atoms with van der Waals surface area (Å²) >= 11 is 0. The number of benzene rings is 1. The standard InChI is InChI=1S/C17H20N4O4S/c1-25-15-6-5-13(12-14(15)17(18)22)26(23,24)21-10-8-20(9-11-21)16-4-2-3-7-19-16/h2-7,12H,8-11H2,1H3,(H2,18,22). The number of primary amides is 1. The van der Waals surface area contributed by atoms with E-state index in [4.69, 9.17) is 10.5 Å². The monoisotopic (exact) mass is 376 g/mol. The van der Waals surface area contributed by atoms with Crippen molar-refractivity contribution in [3.8, 4) is 5.75 Å². The van der Waals surface area contributed by atoms with Gasteiger partial charge < -0.3 is 15.4 Å². The maximum Gasteiger partial charge on any atom is 0.252 e. The Labute approximate surface area is 152 Å². The molecule has 1 fully saturated rings. The SMILES string of the molecule is COc1ccc(S(=O)(=O)N2CCN(c3ccccn3)CC2)cc1C(N)=O. The first-order valence-corrected chi connectivity index (χ1v) is 9.51. The predicted octanol–water partition coefficient (Wildman–Crippen LogP) is 0.700. The maximum absolute atomic E-state index is 12.9. The molecule has 0 atom stereocenters. The van der Waals surface area contributed by atoms with Gasteiger partial charge in [-0.3, -0.25) is 4.79 Å². The highest BCUT2D eigenvalue weighted by molar-refractivity contribution is 7.89. The van der Waals surface area contributed by atoms with Crippen LogP contribution in [0, 0.1) is 0 Å². The van der Waals surface area contributed by atoms with Crippen LogP contribution in [0.15, 0.2) is 47.5 Å². The van der Waals surface area contributed by atoms with E-state index in [0.29, 0.717) is 26.2 Å². The van der Waals surface area contributed by atoms with E-state index >= 15 is 0 Å². The fourth-order valence-corrected chi connectivity index (χ4v) is 4.34. The van der Waals surface area contributed by atoms with Crippen molar-refractivity contribution in [2.75, 3.05) is 38.2 Å². The minimum absolute atomic E-state index is 0.0263. The first kappa shape index (κ1) is 18.2. The van der Waals surface area contributed by atoms with Crippen molar-refractivity contribution in [3.63, 3.8) is 0 Å². The summed E-state index contributed by atoms with van der Waals surface area (Å²) in [5.74, 6) is 0.334. The van der Waals surface area contributed by atoms with E-state index in [1.807, 2.05) is 23.1 Å². The van der Waals surface area contributed by atoms with Gasteiger partial charge in [0, 0.05) is 32.4 Å². The molecule has 1 aliphatic rings. The average Bonchev–Trinajstić information content (AvgIpc) is 2.68. The first-order chi connectivity index (χ1) is 12.4. The molecule has 0 radical (unpaired) electrons. The molecule has 0 aliphatic carbocycles. The minimum atomic E-state index is -3.73. The lowest BCUT2D eigenvalue weighted by Gasteiger charge is -2.34. The number of carbonyl (C=O) groups is 1. The van der Waals surface area contributed by atoms with Gasteiger partial charge in [-0.05, 0) is 30.3 Å². The quantitative estimate of drug-likeness (QED) is 0.823. The number of nitrogens with two attached hydrogens (primary N) is 1. The van der Waals surface area contributed by atoms with Gasteiger partial charge in [0.05, 0.1) is 17.6 Å². The van der Waals surface area contributed by atoms with Crippen molar-refractivity contribution >= 4 is 21.7 Å². The van der Waals surface area contributed by atoms with Gasteiger partial charge in [0.1, 0.15) is 11.6 Å². The molecular formula is C17H20N4O4S. The largest absolute Gasteiger partial charge is 0.496 e. The molecule has 1 aromatic carbocycles. The lowest BCUT2D eigenvalue weighted by molar-refractivity contribution is 0.0997. The normalized spacial score (nSPS) is 15.7. The third-order valence-corrected chi connectivity index (χ3v) is 6.18. The lowest BCUT2D eigenvalue weighted by Crippen LogP contribution is -2.48. The topological polar surface area (TPSA) is 106 Å². The third kappa shape index (κ3) is 3.49. The Bertz CT molecular complexity index is 894. The van der Waals surface area contributed by atoms with Crippen molar-refractivity contribution in [1.29, 1.82) is 0 Å². The Morgan fingerprint density at radius 1 is 1.15 bits per heavy atom. The van der Waals surface area contributed by atoms with Gasteiger partial charge in [0.2, 0.25) is 10.0 Å². The van der Waals surface area contributed by atoms with E-state index in [1.54, 1.807) is 6.20 Å². The van der Waals surface area contributed by atoms with Gasteiger partial charge >= 0.3 is 0 Å². The van der Waals surface area contributed by atoms with E-state index in [-0.39, 0.29) is 16.2 Å². The number of pyridine rings is 1. The van der Waals surface area contributed by atoms with Gasteiger partial charge in [-0.1, -0.05) is 6.07 Å². The lowest BCUT2D eigenvalue weighted by atomic mass is 10.2. The Morgan fingerprint density at radius 3 is 2.46 bits per heavy atom. The Hall–Kier alpha value is -2.65. The van der Waals surface area contributed by atoms with Crippen LogP contribution >= 0.6 is 0 Å². The van der Waals surface area contributed by atoms with Crippen LogP contribution in [0.1, 0.15) is 10.4 Å². The number of carbonyl (C=O) groups excluding carboxylic acids is 1. The number of aromatic nitrogens is 1. The van der Waals surface area contributed by atoms with Crippen molar-refractivity contribution in [3.05, 3.63) is 48.2 Å². The molecule has 2 aromatic rings. The third-order valence-electron chi connectivity index (χ3n) is 4.29. The zero-order chi connectivity index (χ0) is 18.7. The van der Waals surface area contributed by atoms with Gasteiger partial charge in [0.25, 0.3) is 5.91 Å². The summed E-state index contributed by atoms with van der Waals surface area (Å²) in [7, 11) is -2.33. The van der Waals surface area contributed by atoms with Crippen molar-refractivity contribution in [2.24, 2.45) is 5.73 Å². The molecule has 138 valence electrons. The average molecular weight is 376 g/mol. The highest BCUT2D eigenvalue weighted by atomic mass is 32.2. The summed E-state index contributed by atoms with van der Waals surface area (Å²) in [5.41, 5.74) is 5.36. The molecule has 9 heteroatoms. The Morgan fingerprint density at radius 2 is 1.88 bits per heavy atom. The van der Waals surface area contributed by atoms with E-state index in [9.17, 15) is 13.2 Å². The molecule has 1 aliphatic heterocycles. The maximum atomic E-state index is 12.9. The zero-order valence-electron chi connectivity index (χ0n) is 14.3. The minimum Gasteiger partial charge on any atom is -0.496 e. The first-order valence-electron chi connectivity index (χ1n) is 8.07. The second kappa shape index (κ2) is 7.30. The number of hydrogen-bond acceptors (Lipinski definition) is 6. The molecule has 3 rings (SSSR count). The number of hydrogen-bond donors (Lipinski definition) is 1. The number of nitrogens with zero attached hydrogens (tertiary/aromatic N) is 3. The van der Waals surface area contributed by atoms with Crippen LogP contribution in [-0.2, 0) is 10.0 Å². The van der Waals surface area contributed by atoms with Gasteiger partial charge in [0.15, 0.2) is 0 Å². The molecule has 1 saturated heterocycles. The van der Waals surface area contributed by atoms with Crippen LogP contribution in [0.4, 0.5) is 5.82 Å². The summed E-state index contributed by atoms with van der Waals surface area (Å²) in [6.45, 7) is 1.73. The van der Waals surface area contributed by atoms with Crippen LogP contribution in [0.25, 0.3) is 0 Å². The van der Waals surface area contributed by atoms with Crippen LogP contribution in [0.5, 0.6) is 5.75 Å². The molecule has 2 N–H and O–H groups in total. The van der Waals surface area contributed by atoms with Crippen LogP contribution in [0.3, 0.4) is 0 Å². The Balaban J connectivity index is 1.79. The highest BCUT2D eigenvalue weighted by Gasteiger charge is 2.29. The predicted molar refractivity (Wildman–Crippen MR) is 96.7 cm³/mol. The summed E-state index contributed by atoms with van der Waals surface area (Å²) in [6, 6.07) is 9.76. The van der Waals surface area contributed by atoms with Gasteiger partial charge in [-0.25, -0.2) is 13.4 Å². The number of piperazine rings is 1. The molecule has 0 unspecified atom stereocenters. The molecule has 1 aromatic heterocycles. The van der Waals surface area contributed by atoms with E-state index < -0.39 is 15.9 Å². The fraction of sp³-hybridized carbons (Fsp3) is 0.294. The van der Waals surface area contributed by atoms with Crippen LogP contribution in [-0.4, -0.2) is 56.9 Å². The molecule has 26 heavy (non-hydrogen) atoms. The molecular weight excluding hydrogens is 356 g/mol. The molecule has 0 bridgehead atoms. The van der Waals surface area contributed by atoms with E-state index in [0.717, 1.165) is 5.82 Å². The molecule has 2 heterocycles. The number of methoxy groups -OCH3 is 1. The molecule has 1 amide bonds. The molecule has 0 saturated carbocycles. The zero-order valence-corrected chi connectivity index (χ0v) is 15.1. The highest BCUT2D eigenvalue weighted by Crippen LogP contribution is 2.25. The second-order valence-electron chi connectivity index (χ2n) is 5.81.